The summed E-state index contributed by atoms with van der Waals surface area (Å²) in [5.74, 6) is 0. The molecule has 0 aliphatic heterocycles. The Kier molecular flexibility index (Phi) is 11.8. The molecule has 3 N–H and O–H groups in total. The molecule has 0 aromatic heterocycles. The predicted molar refractivity (Wildman–Crippen MR) is 63.1 cm³/mol. The minimum Gasteiger partial charge on any atom is -0.393 e. The van der Waals surface area contributed by atoms with Crippen LogP contribution in [-0.2, 0) is 4.74 Å². The lowest BCUT2D eigenvalue weighted by Gasteiger charge is -2.07. The molecular formula is C11H26N2O2. The fraction of sp³-hybridized carbons (Fsp3) is 1.00. The molecular weight excluding hydrogens is 192 g/mol. The largest absolute Gasteiger partial charge is 0.393 e. The van der Waals surface area contributed by atoms with Crippen molar-refractivity contribution in [3.8, 4) is 0 Å². The highest BCUT2D eigenvalue weighted by atomic mass is 16.5. The minimum absolute atomic E-state index is 0.164. The second-order valence-electron chi connectivity index (χ2n) is 3.84. The number of aliphatic hydroxyl groups excluding tert-OH is 1. The van der Waals surface area contributed by atoms with Crippen LogP contribution in [0.3, 0.4) is 0 Å². The molecule has 0 fully saturated rings. The van der Waals surface area contributed by atoms with Gasteiger partial charge in [-0.15, -0.1) is 0 Å². The van der Waals surface area contributed by atoms with Gasteiger partial charge in [-0.05, 0) is 45.8 Å². The molecule has 92 valence electrons. The van der Waals surface area contributed by atoms with E-state index in [2.05, 4.69) is 10.6 Å². The molecule has 0 aliphatic rings. The van der Waals surface area contributed by atoms with E-state index in [1.54, 1.807) is 7.11 Å². The van der Waals surface area contributed by atoms with Crippen LogP contribution in [0.4, 0.5) is 0 Å². The molecule has 1 atom stereocenters. The second-order valence-corrected chi connectivity index (χ2v) is 3.84. The normalized spacial score (nSPS) is 13.0. The molecule has 4 heteroatoms. The van der Waals surface area contributed by atoms with Crippen LogP contribution in [0.15, 0.2) is 0 Å². The van der Waals surface area contributed by atoms with Crippen molar-refractivity contribution in [1.82, 2.24) is 10.6 Å². The Morgan fingerprint density at radius 3 is 2.27 bits per heavy atom. The Morgan fingerprint density at radius 2 is 1.67 bits per heavy atom. The molecule has 1 unspecified atom stereocenters. The Labute approximate surface area is 93.4 Å². The van der Waals surface area contributed by atoms with Gasteiger partial charge in [0.2, 0.25) is 0 Å². The van der Waals surface area contributed by atoms with Crippen LogP contribution in [-0.4, -0.2) is 51.1 Å². The Bertz CT molecular complexity index is 121. The summed E-state index contributed by atoms with van der Waals surface area (Å²) in [6.45, 7) is 6.62. The van der Waals surface area contributed by atoms with Gasteiger partial charge in [-0.25, -0.2) is 0 Å². The zero-order valence-electron chi connectivity index (χ0n) is 10.1. The van der Waals surface area contributed by atoms with Crippen LogP contribution in [0.5, 0.6) is 0 Å². The highest BCUT2D eigenvalue weighted by molar-refractivity contribution is 4.54. The molecule has 0 saturated heterocycles. The number of hydrogen-bond acceptors (Lipinski definition) is 4. The van der Waals surface area contributed by atoms with Gasteiger partial charge in [0.25, 0.3) is 0 Å². The molecule has 0 heterocycles. The number of methoxy groups -OCH3 is 1. The first-order valence-corrected chi connectivity index (χ1v) is 5.85. The zero-order valence-corrected chi connectivity index (χ0v) is 10.1. The van der Waals surface area contributed by atoms with Gasteiger partial charge in [0, 0.05) is 13.7 Å². The van der Waals surface area contributed by atoms with E-state index in [0.29, 0.717) is 0 Å². The average Bonchev–Trinajstić information content (AvgIpc) is 2.20. The summed E-state index contributed by atoms with van der Waals surface area (Å²) < 4.78 is 4.92. The third kappa shape index (κ3) is 13.8. The quantitative estimate of drug-likeness (QED) is 0.438. The van der Waals surface area contributed by atoms with E-state index in [9.17, 15) is 0 Å². The van der Waals surface area contributed by atoms with E-state index in [1.165, 1.54) is 0 Å². The molecule has 0 saturated carbocycles. The van der Waals surface area contributed by atoms with E-state index in [1.807, 2.05) is 6.92 Å². The number of ether oxygens (including phenoxy) is 1. The highest BCUT2D eigenvalue weighted by Gasteiger charge is 1.94. The van der Waals surface area contributed by atoms with Crippen LogP contribution < -0.4 is 10.6 Å². The van der Waals surface area contributed by atoms with Crippen molar-refractivity contribution < 1.29 is 9.84 Å². The van der Waals surface area contributed by atoms with Crippen LogP contribution in [0, 0.1) is 0 Å². The average molecular weight is 218 g/mol. The van der Waals surface area contributed by atoms with Crippen molar-refractivity contribution in [3.05, 3.63) is 0 Å². The fourth-order valence-electron chi connectivity index (χ4n) is 1.29. The molecule has 0 amide bonds. The van der Waals surface area contributed by atoms with Crippen LogP contribution in [0.25, 0.3) is 0 Å². The maximum Gasteiger partial charge on any atom is 0.0587 e. The maximum atomic E-state index is 9.03. The SMILES string of the molecule is COCCNCCCNCCCC(C)O. The lowest BCUT2D eigenvalue weighted by Crippen LogP contribution is -2.25. The maximum absolute atomic E-state index is 9.03. The molecule has 0 aromatic carbocycles. The van der Waals surface area contributed by atoms with Gasteiger partial charge in [-0.1, -0.05) is 0 Å². The van der Waals surface area contributed by atoms with E-state index in [-0.39, 0.29) is 6.10 Å². The third-order valence-electron chi connectivity index (χ3n) is 2.17. The molecule has 0 aromatic rings. The van der Waals surface area contributed by atoms with Crippen molar-refractivity contribution >= 4 is 0 Å². The standard InChI is InChI=1S/C11H26N2O2/c1-11(14)5-3-6-12-7-4-8-13-9-10-15-2/h11-14H,3-10H2,1-2H3. The zero-order chi connectivity index (χ0) is 11.4. The van der Waals surface area contributed by atoms with E-state index >= 15 is 0 Å². The summed E-state index contributed by atoms with van der Waals surface area (Å²) >= 11 is 0. The first-order chi connectivity index (χ1) is 7.27. The molecule has 0 aliphatic carbocycles. The third-order valence-corrected chi connectivity index (χ3v) is 2.17. The van der Waals surface area contributed by atoms with Gasteiger partial charge >= 0.3 is 0 Å². The summed E-state index contributed by atoms with van der Waals surface area (Å²) in [5.41, 5.74) is 0. The summed E-state index contributed by atoms with van der Waals surface area (Å²) in [6, 6.07) is 0. The lowest BCUT2D eigenvalue weighted by atomic mass is 10.2. The Balaban J connectivity index is 2.87. The molecule has 0 rings (SSSR count). The summed E-state index contributed by atoms with van der Waals surface area (Å²) in [6.07, 6.45) is 2.91. The van der Waals surface area contributed by atoms with Gasteiger partial charge < -0.3 is 20.5 Å². The lowest BCUT2D eigenvalue weighted by molar-refractivity contribution is 0.181. The first-order valence-electron chi connectivity index (χ1n) is 5.85. The van der Waals surface area contributed by atoms with Crippen molar-refractivity contribution in [2.45, 2.75) is 32.3 Å². The summed E-state index contributed by atoms with van der Waals surface area (Å²) in [5, 5.41) is 15.7. The number of rotatable bonds is 11. The minimum atomic E-state index is -0.164. The van der Waals surface area contributed by atoms with Gasteiger partial charge in [-0.3, -0.25) is 0 Å². The molecule has 0 spiro atoms. The van der Waals surface area contributed by atoms with Gasteiger partial charge in [-0.2, -0.15) is 0 Å². The summed E-state index contributed by atoms with van der Waals surface area (Å²) in [4.78, 5) is 0. The van der Waals surface area contributed by atoms with Crippen LogP contribution >= 0.6 is 0 Å². The van der Waals surface area contributed by atoms with Gasteiger partial charge in [0.15, 0.2) is 0 Å². The second kappa shape index (κ2) is 11.9. The van der Waals surface area contributed by atoms with E-state index < -0.39 is 0 Å². The van der Waals surface area contributed by atoms with Crippen molar-refractivity contribution in [2.24, 2.45) is 0 Å². The molecule has 0 radical (unpaired) electrons. The first kappa shape index (κ1) is 14.8. The number of hydrogen-bond donors (Lipinski definition) is 3. The summed E-state index contributed by atoms with van der Waals surface area (Å²) in [7, 11) is 1.71. The Morgan fingerprint density at radius 1 is 1.07 bits per heavy atom. The highest BCUT2D eigenvalue weighted by Crippen LogP contribution is 1.93. The molecule has 4 nitrogen and oxygen atoms in total. The monoisotopic (exact) mass is 218 g/mol. The van der Waals surface area contributed by atoms with Crippen molar-refractivity contribution in [2.75, 3.05) is 39.9 Å². The number of aliphatic hydroxyl groups is 1. The van der Waals surface area contributed by atoms with E-state index in [0.717, 1.165) is 52.0 Å². The van der Waals surface area contributed by atoms with E-state index in [4.69, 9.17) is 9.84 Å². The number of nitrogens with one attached hydrogen (secondary N) is 2. The topological polar surface area (TPSA) is 53.5 Å². The predicted octanol–water partition coefficient (Wildman–Crippen LogP) is 0.363. The molecule has 0 bridgehead atoms. The van der Waals surface area contributed by atoms with Crippen LogP contribution in [0.2, 0.25) is 0 Å². The fourth-order valence-corrected chi connectivity index (χ4v) is 1.29. The van der Waals surface area contributed by atoms with Crippen LogP contribution in [0.1, 0.15) is 26.2 Å². The van der Waals surface area contributed by atoms with Crippen molar-refractivity contribution in [3.63, 3.8) is 0 Å². The molecule has 15 heavy (non-hydrogen) atoms. The van der Waals surface area contributed by atoms with Gasteiger partial charge in [0.1, 0.15) is 0 Å². The van der Waals surface area contributed by atoms with Crippen molar-refractivity contribution in [1.29, 1.82) is 0 Å². The van der Waals surface area contributed by atoms with Gasteiger partial charge in [0.05, 0.1) is 12.7 Å². The Hall–Kier alpha value is -0.160. The smallest absolute Gasteiger partial charge is 0.0587 e.